The monoisotopic (exact) mass is 680 g/mol. The van der Waals surface area contributed by atoms with Gasteiger partial charge < -0.3 is 9.47 Å². The highest BCUT2D eigenvalue weighted by atomic mass is 35.5. The van der Waals surface area contributed by atoms with Crippen molar-refractivity contribution < 1.29 is 14.3 Å². The summed E-state index contributed by atoms with van der Waals surface area (Å²) >= 11 is 33.0. The van der Waals surface area contributed by atoms with Gasteiger partial charge in [0.1, 0.15) is 18.4 Å². The van der Waals surface area contributed by atoms with Gasteiger partial charge in [-0.2, -0.15) is 0 Å². The highest BCUT2D eigenvalue weighted by Gasteiger charge is 2.34. The van der Waals surface area contributed by atoms with Crippen LogP contribution in [-0.2, 0) is 16.1 Å². The summed E-state index contributed by atoms with van der Waals surface area (Å²) in [7, 11) is 0. The first-order chi connectivity index (χ1) is 20.1. The van der Waals surface area contributed by atoms with Crippen molar-refractivity contribution in [3.63, 3.8) is 0 Å². The number of ether oxygens (including phenoxy) is 2. The molecule has 1 atom stereocenters. The van der Waals surface area contributed by atoms with Crippen LogP contribution in [0.3, 0.4) is 0 Å². The number of fused-ring (bicyclic) bond motifs is 1. The van der Waals surface area contributed by atoms with Crippen LogP contribution in [-0.4, -0.2) is 17.1 Å². The second kappa shape index (κ2) is 12.8. The van der Waals surface area contributed by atoms with Crippen molar-refractivity contribution in [2.24, 2.45) is 4.99 Å². The fourth-order valence-corrected chi connectivity index (χ4v) is 6.86. The highest BCUT2D eigenvalue weighted by Crippen LogP contribution is 2.36. The summed E-state index contributed by atoms with van der Waals surface area (Å²) in [5.74, 6) is -0.264. The number of aromatic nitrogens is 1. The lowest BCUT2D eigenvalue weighted by molar-refractivity contribution is -0.139. The van der Waals surface area contributed by atoms with E-state index in [9.17, 15) is 9.59 Å². The molecule has 42 heavy (non-hydrogen) atoms. The van der Waals surface area contributed by atoms with E-state index in [0.29, 0.717) is 57.6 Å². The highest BCUT2D eigenvalue weighted by molar-refractivity contribution is 7.07. The fourth-order valence-electron chi connectivity index (χ4n) is 4.55. The number of allylic oxidation sites excluding steroid dienone is 1. The zero-order valence-corrected chi connectivity index (χ0v) is 26.7. The van der Waals surface area contributed by atoms with Crippen LogP contribution in [0.25, 0.3) is 6.08 Å². The molecule has 0 saturated carbocycles. The molecule has 1 aliphatic heterocycles. The zero-order chi connectivity index (χ0) is 30.1. The second-order valence-corrected chi connectivity index (χ2v) is 12.3. The van der Waals surface area contributed by atoms with E-state index in [1.54, 1.807) is 74.5 Å². The Bertz CT molecular complexity index is 1930. The van der Waals surface area contributed by atoms with Gasteiger partial charge in [-0.05, 0) is 55.8 Å². The van der Waals surface area contributed by atoms with Crippen molar-refractivity contribution in [1.82, 2.24) is 4.57 Å². The van der Waals surface area contributed by atoms with Gasteiger partial charge >= 0.3 is 5.97 Å². The third-order valence-corrected chi connectivity index (χ3v) is 8.84. The molecule has 1 aliphatic rings. The van der Waals surface area contributed by atoms with Crippen molar-refractivity contribution >= 4 is 81.4 Å². The van der Waals surface area contributed by atoms with Crippen LogP contribution in [0, 0.1) is 0 Å². The number of carbonyl (C=O) groups excluding carboxylic acids is 1. The third kappa shape index (κ3) is 6.13. The van der Waals surface area contributed by atoms with Gasteiger partial charge in [0.2, 0.25) is 0 Å². The van der Waals surface area contributed by atoms with E-state index in [2.05, 4.69) is 4.99 Å². The lowest BCUT2D eigenvalue weighted by Gasteiger charge is -2.25. The van der Waals surface area contributed by atoms with Crippen LogP contribution >= 0.6 is 69.3 Å². The fraction of sp³-hybridized carbons (Fsp3) is 0.167. The quantitative estimate of drug-likeness (QED) is 0.188. The normalized spacial score (nSPS) is 14.9. The molecule has 0 radical (unpaired) electrons. The molecule has 4 aromatic rings. The number of halogens is 5. The third-order valence-electron chi connectivity index (χ3n) is 6.43. The molecule has 3 aromatic carbocycles. The Morgan fingerprint density at radius 1 is 1.00 bits per heavy atom. The number of rotatable bonds is 7. The van der Waals surface area contributed by atoms with Gasteiger partial charge in [-0.25, -0.2) is 9.79 Å². The maximum atomic E-state index is 14.0. The molecule has 5 rings (SSSR count). The second-order valence-electron chi connectivity index (χ2n) is 9.15. The van der Waals surface area contributed by atoms with Crippen LogP contribution in [0.1, 0.15) is 36.6 Å². The SMILES string of the molecule is CCOC(=O)C1=C(C)N=c2s/c(=C\c3cc(Cl)cc(Cl)c3OCc3ccc(Cl)cc3Cl)c(=O)n2[C@@H]1c1ccccc1Cl. The van der Waals surface area contributed by atoms with Gasteiger partial charge in [0.25, 0.3) is 5.56 Å². The molecule has 0 aliphatic carbocycles. The lowest BCUT2D eigenvalue weighted by Crippen LogP contribution is -2.40. The van der Waals surface area contributed by atoms with Gasteiger partial charge in [-0.1, -0.05) is 93.6 Å². The number of nitrogens with zero attached hydrogens (tertiary/aromatic N) is 2. The van der Waals surface area contributed by atoms with E-state index < -0.39 is 12.0 Å². The van der Waals surface area contributed by atoms with E-state index >= 15 is 0 Å². The minimum atomic E-state index is -0.845. The number of hydrogen-bond acceptors (Lipinski definition) is 6. The number of thiazole rings is 1. The first-order valence-corrected chi connectivity index (χ1v) is 15.3. The summed E-state index contributed by atoms with van der Waals surface area (Å²) in [6.07, 6.45) is 1.63. The van der Waals surface area contributed by atoms with Gasteiger partial charge in [0.15, 0.2) is 4.80 Å². The molecule has 216 valence electrons. The molecule has 12 heteroatoms. The number of benzene rings is 3. The van der Waals surface area contributed by atoms with Crippen LogP contribution in [0.5, 0.6) is 5.75 Å². The summed E-state index contributed by atoms with van der Waals surface area (Å²) in [6, 6.07) is 14.5. The summed E-state index contributed by atoms with van der Waals surface area (Å²) in [5, 5.41) is 1.94. The van der Waals surface area contributed by atoms with Crippen molar-refractivity contribution in [1.29, 1.82) is 0 Å². The maximum absolute atomic E-state index is 14.0. The molecule has 0 saturated heterocycles. The minimum absolute atomic E-state index is 0.0913. The Labute approximate surface area is 270 Å². The molecule has 0 N–H and O–H groups in total. The molecular formula is C30H21Cl5N2O4S. The van der Waals surface area contributed by atoms with Crippen molar-refractivity contribution in [3.8, 4) is 5.75 Å². The summed E-state index contributed by atoms with van der Waals surface area (Å²) in [5.41, 5.74) is 2.01. The Hall–Kier alpha value is -2.78. The van der Waals surface area contributed by atoms with Crippen LogP contribution < -0.4 is 19.6 Å². The summed E-state index contributed by atoms with van der Waals surface area (Å²) in [4.78, 5) is 32.1. The molecule has 0 bridgehead atoms. The molecule has 6 nitrogen and oxygen atoms in total. The Balaban J connectivity index is 1.65. The Kier molecular flexibility index (Phi) is 9.38. The number of hydrogen-bond donors (Lipinski definition) is 0. The van der Waals surface area contributed by atoms with Crippen LogP contribution in [0.2, 0.25) is 25.1 Å². The zero-order valence-electron chi connectivity index (χ0n) is 22.1. The van der Waals surface area contributed by atoms with Gasteiger partial charge in [0, 0.05) is 31.2 Å². The van der Waals surface area contributed by atoms with E-state index in [4.69, 9.17) is 67.5 Å². The summed E-state index contributed by atoms with van der Waals surface area (Å²) < 4.78 is 13.2. The lowest BCUT2D eigenvalue weighted by atomic mass is 9.96. The van der Waals surface area contributed by atoms with E-state index in [1.165, 1.54) is 4.57 Å². The molecule has 0 unspecified atom stereocenters. The van der Waals surface area contributed by atoms with E-state index in [-0.39, 0.29) is 29.4 Å². The average Bonchev–Trinajstić information content (AvgIpc) is 3.23. The molecule has 0 fully saturated rings. The summed E-state index contributed by atoms with van der Waals surface area (Å²) in [6.45, 7) is 3.67. The van der Waals surface area contributed by atoms with Crippen molar-refractivity contribution in [2.75, 3.05) is 6.61 Å². The predicted octanol–water partition coefficient (Wildman–Crippen LogP) is 7.64. The largest absolute Gasteiger partial charge is 0.487 e. The smallest absolute Gasteiger partial charge is 0.338 e. The number of esters is 1. The van der Waals surface area contributed by atoms with Crippen molar-refractivity contribution in [2.45, 2.75) is 26.5 Å². The first kappa shape index (κ1) is 30.7. The molecule has 2 heterocycles. The minimum Gasteiger partial charge on any atom is -0.487 e. The maximum Gasteiger partial charge on any atom is 0.338 e. The average molecular weight is 683 g/mol. The molecule has 0 amide bonds. The van der Waals surface area contributed by atoms with Crippen LogP contribution in [0.4, 0.5) is 0 Å². The molecule has 0 spiro atoms. The Morgan fingerprint density at radius 3 is 2.45 bits per heavy atom. The molecule has 1 aromatic heterocycles. The first-order valence-electron chi connectivity index (χ1n) is 12.6. The van der Waals surface area contributed by atoms with Gasteiger partial charge in [-0.15, -0.1) is 0 Å². The number of carbonyl (C=O) groups is 1. The topological polar surface area (TPSA) is 69.9 Å². The Morgan fingerprint density at radius 2 is 1.74 bits per heavy atom. The standard InChI is InChI=1S/C30H21Cl5N2O4S/c1-3-40-29(39)25-15(2)36-30-37(26(25)20-6-4-5-7-21(20)33)28(38)24(42-30)11-17-10-19(32)13-23(35)27(17)41-14-16-8-9-18(31)12-22(16)34/h4-13,26H,3,14H2,1-2H3/b24-11-/t26-/m1/s1. The molecular weight excluding hydrogens is 662 g/mol. The van der Waals surface area contributed by atoms with Gasteiger partial charge in [-0.3, -0.25) is 9.36 Å². The van der Waals surface area contributed by atoms with E-state index in [0.717, 1.165) is 11.3 Å². The van der Waals surface area contributed by atoms with Gasteiger partial charge in [0.05, 0.1) is 27.4 Å². The van der Waals surface area contributed by atoms with Crippen molar-refractivity contribution in [3.05, 3.63) is 127 Å². The van der Waals surface area contributed by atoms with Crippen LogP contribution in [0.15, 0.2) is 75.7 Å². The van der Waals surface area contributed by atoms with E-state index in [1.807, 2.05) is 0 Å². The predicted molar refractivity (Wildman–Crippen MR) is 169 cm³/mol.